The lowest BCUT2D eigenvalue weighted by atomic mass is 10.1. The summed E-state index contributed by atoms with van der Waals surface area (Å²) in [6.45, 7) is 6.34. The van der Waals surface area contributed by atoms with Crippen molar-refractivity contribution in [3.8, 4) is 0 Å². The van der Waals surface area contributed by atoms with Crippen LogP contribution in [0.4, 0.5) is 0 Å². The topological polar surface area (TPSA) is 35.6 Å². The second-order valence-corrected chi connectivity index (χ2v) is 5.83. The van der Waals surface area contributed by atoms with Crippen LogP contribution in [0, 0.1) is 0 Å². The van der Waals surface area contributed by atoms with E-state index in [2.05, 4.69) is 43.1 Å². The number of amides is 1. The highest BCUT2D eigenvalue weighted by atomic mass is 16.2. The fourth-order valence-electron chi connectivity index (χ4n) is 2.68. The second-order valence-electron chi connectivity index (χ2n) is 5.83. The highest BCUT2D eigenvalue weighted by Crippen LogP contribution is 2.18. The van der Waals surface area contributed by atoms with Crippen molar-refractivity contribution in [2.45, 2.75) is 64.6 Å². The lowest BCUT2D eigenvalue weighted by molar-refractivity contribution is -0.130. The van der Waals surface area contributed by atoms with Gasteiger partial charge < -0.3 is 9.80 Å². The van der Waals surface area contributed by atoms with Gasteiger partial charge in [0.25, 0.3) is 0 Å². The summed E-state index contributed by atoms with van der Waals surface area (Å²) in [6, 6.07) is 0.0683. The number of nitrogens with zero attached hydrogens (tertiary/aromatic N) is 2. The van der Waals surface area contributed by atoms with Crippen LogP contribution in [0.1, 0.15) is 52.4 Å². The Labute approximate surface area is 118 Å². The average Bonchev–Trinajstić information content (AvgIpc) is 2.68. The Kier molecular flexibility index (Phi) is 7.39. The molecule has 19 heavy (non-hydrogen) atoms. The molecule has 2 unspecified atom stereocenters. The fourth-order valence-corrected chi connectivity index (χ4v) is 2.68. The molecule has 1 amide bonds. The Balaban J connectivity index is 2.39. The van der Waals surface area contributed by atoms with Crippen LogP contribution < -0.4 is 5.32 Å². The lowest BCUT2D eigenvalue weighted by Gasteiger charge is -2.23. The number of rotatable bonds is 9. The molecular formula is C15H31N3O. The van der Waals surface area contributed by atoms with Crippen molar-refractivity contribution in [1.29, 1.82) is 0 Å². The molecule has 0 bridgehead atoms. The van der Waals surface area contributed by atoms with Crippen molar-refractivity contribution in [3.05, 3.63) is 0 Å². The Hall–Kier alpha value is -0.610. The van der Waals surface area contributed by atoms with Crippen molar-refractivity contribution in [2.75, 3.05) is 27.2 Å². The smallest absolute Gasteiger partial charge is 0.241 e. The molecule has 0 aromatic heterocycles. The molecule has 1 heterocycles. The molecule has 1 fully saturated rings. The van der Waals surface area contributed by atoms with E-state index >= 15 is 0 Å². The third-order valence-corrected chi connectivity index (χ3v) is 3.84. The predicted molar refractivity (Wildman–Crippen MR) is 80.0 cm³/mol. The van der Waals surface area contributed by atoms with Gasteiger partial charge in [-0.15, -0.1) is 0 Å². The van der Waals surface area contributed by atoms with Crippen molar-refractivity contribution >= 4 is 5.91 Å². The highest BCUT2D eigenvalue weighted by molar-refractivity contribution is 5.84. The van der Waals surface area contributed by atoms with Crippen molar-refractivity contribution in [3.63, 3.8) is 0 Å². The first-order valence-electron chi connectivity index (χ1n) is 7.81. The zero-order valence-corrected chi connectivity index (χ0v) is 13.1. The molecule has 0 aromatic carbocycles. The van der Waals surface area contributed by atoms with Gasteiger partial charge in [-0.25, -0.2) is 0 Å². The van der Waals surface area contributed by atoms with Crippen LogP contribution in [0.25, 0.3) is 0 Å². The summed E-state index contributed by atoms with van der Waals surface area (Å²) in [7, 11) is 4.19. The van der Waals surface area contributed by atoms with Gasteiger partial charge in [-0.1, -0.05) is 26.7 Å². The van der Waals surface area contributed by atoms with Crippen LogP contribution in [-0.4, -0.2) is 55.1 Å². The average molecular weight is 269 g/mol. The summed E-state index contributed by atoms with van der Waals surface area (Å²) in [5, 5.41) is 3.49. The molecule has 4 heteroatoms. The second kappa shape index (κ2) is 8.54. The number of hydrogen-bond acceptors (Lipinski definition) is 3. The summed E-state index contributed by atoms with van der Waals surface area (Å²) in [5.74, 6) is 0.324. The zero-order chi connectivity index (χ0) is 14.3. The molecular weight excluding hydrogens is 238 g/mol. The Morgan fingerprint density at radius 2 is 1.95 bits per heavy atom. The first-order chi connectivity index (χ1) is 9.10. The first kappa shape index (κ1) is 16.4. The number of hydrogen-bond donors (Lipinski definition) is 1. The highest BCUT2D eigenvalue weighted by Gasteiger charge is 2.36. The first-order valence-corrected chi connectivity index (χ1v) is 7.81. The van der Waals surface area contributed by atoms with Crippen LogP contribution >= 0.6 is 0 Å². The molecule has 1 aliphatic rings. The molecule has 0 aromatic rings. The third-order valence-electron chi connectivity index (χ3n) is 3.84. The van der Waals surface area contributed by atoms with Gasteiger partial charge in [-0.05, 0) is 46.3 Å². The Morgan fingerprint density at radius 1 is 1.21 bits per heavy atom. The summed E-state index contributed by atoms with van der Waals surface area (Å²) in [4.78, 5) is 16.6. The lowest BCUT2D eigenvalue weighted by Crippen LogP contribution is -2.37. The fraction of sp³-hybridized carbons (Fsp3) is 0.933. The molecule has 0 saturated carbocycles. The molecule has 1 aliphatic heterocycles. The number of carbonyl (C=O) groups excluding carboxylic acids is 1. The predicted octanol–water partition coefficient (Wildman–Crippen LogP) is 2.05. The largest absolute Gasteiger partial charge is 0.326 e. The molecule has 2 atom stereocenters. The summed E-state index contributed by atoms with van der Waals surface area (Å²) in [6.07, 6.45) is 6.80. The van der Waals surface area contributed by atoms with Gasteiger partial charge in [0.15, 0.2) is 0 Å². The van der Waals surface area contributed by atoms with Crippen LogP contribution in [0.15, 0.2) is 0 Å². The van der Waals surface area contributed by atoms with Gasteiger partial charge in [0, 0.05) is 6.54 Å². The number of carbonyl (C=O) groups is 1. The van der Waals surface area contributed by atoms with E-state index in [0.29, 0.717) is 5.91 Å². The summed E-state index contributed by atoms with van der Waals surface area (Å²) in [5.41, 5.74) is 0. The van der Waals surface area contributed by atoms with Crippen LogP contribution in [0.3, 0.4) is 0 Å². The Bertz CT molecular complexity index is 268. The SMILES string of the molecule is CCCCC1NC(CC)N(CCCCN(C)C)C1=O. The zero-order valence-electron chi connectivity index (χ0n) is 13.1. The van der Waals surface area contributed by atoms with E-state index in [1.165, 1.54) is 0 Å². The minimum atomic E-state index is 0.0683. The van der Waals surface area contributed by atoms with E-state index in [4.69, 9.17) is 0 Å². The van der Waals surface area contributed by atoms with Gasteiger partial charge in [-0.3, -0.25) is 10.1 Å². The molecule has 0 aliphatic carbocycles. The third kappa shape index (κ3) is 5.11. The number of nitrogens with one attached hydrogen (secondary N) is 1. The Morgan fingerprint density at radius 3 is 2.53 bits per heavy atom. The van der Waals surface area contributed by atoms with E-state index in [-0.39, 0.29) is 12.2 Å². The monoisotopic (exact) mass is 269 g/mol. The van der Waals surface area contributed by atoms with Gasteiger partial charge in [0.2, 0.25) is 5.91 Å². The van der Waals surface area contributed by atoms with E-state index in [9.17, 15) is 4.79 Å². The van der Waals surface area contributed by atoms with Crippen LogP contribution in [-0.2, 0) is 4.79 Å². The van der Waals surface area contributed by atoms with E-state index in [0.717, 1.165) is 51.6 Å². The minimum absolute atomic E-state index is 0.0683. The van der Waals surface area contributed by atoms with Gasteiger partial charge in [-0.2, -0.15) is 0 Å². The minimum Gasteiger partial charge on any atom is -0.326 e. The molecule has 1 N–H and O–H groups in total. The number of unbranched alkanes of at least 4 members (excludes halogenated alkanes) is 2. The van der Waals surface area contributed by atoms with E-state index in [1.807, 2.05) is 0 Å². The van der Waals surface area contributed by atoms with E-state index < -0.39 is 0 Å². The van der Waals surface area contributed by atoms with Crippen LogP contribution in [0.5, 0.6) is 0 Å². The summed E-state index contributed by atoms with van der Waals surface area (Å²) < 4.78 is 0. The van der Waals surface area contributed by atoms with E-state index in [1.54, 1.807) is 0 Å². The van der Waals surface area contributed by atoms with Gasteiger partial charge in [0.1, 0.15) is 0 Å². The molecule has 0 spiro atoms. The maximum absolute atomic E-state index is 12.4. The van der Waals surface area contributed by atoms with Crippen molar-refractivity contribution < 1.29 is 4.79 Å². The summed E-state index contributed by atoms with van der Waals surface area (Å²) >= 11 is 0. The van der Waals surface area contributed by atoms with Crippen molar-refractivity contribution in [2.24, 2.45) is 0 Å². The standard InChI is InChI=1S/C15H31N3O/c1-5-7-10-13-15(19)18(14(6-2)16-13)12-9-8-11-17(3)4/h13-14,16H,5-12H2,1-4H3. The molecule has 0 radical (unpaired) electrons. The molecule has 112 valence electrons. The van der Waals surface area contributed by atoms with Gasteiger partial charge in [0.05, 0.1) is 12.2 Å². The van der Waals surface area contributed by atoms with Crippen LogP contribution in [0.2, 0.25) is 0 Å². The maximum Gasteiger partial charge on any atom is 0.241 e. The molecule has 1 saturated heterocycles. The quantitative estimate of drug-likeness (QED) is 0.651. The molecule has 4 nitrogen and oxygen atoms in total. The molecule has 1 rings (SSSR count). The normalized spacial score (nSPS) is 23.6. The van der Waals surface area contributed by atoms with Gasteiger partial charge >= 0.3 is 0 Å². The van der Waals surface area contributed by atoms with Crippen molar-refractivity contribution in [1.82, 2.24) is 15.1 Å². The maximum atomic E-state index is 12.4.